The molecule has 24 heavy (non-hydrogen) atoms. The lowest BCUT2D eigenvalue weighted by Crippen LogP contribution is -2.52. The maximum Gasteiger partial charge on any atom is 0.244 e. The van der Waals surface area contributed by atoms with E-state index in [2.05, 4.69) is 5.32 Å². The van der Waals surface area contributed by atoms with Crippen LogP contribution >= 0.6 is 23.2 Å². The molecular weight excluding hydrogens is 371 g/mol. The predicted molar refractivity (Wildman–Crippen MR) is 100 cm³/mol. The van der Waals surface area contributed by atoms with E-state index < -0.39 is 16.1 Å². The van der Waals surface area contributed by atoms with Crippen LogP contribution in [0.3, 0.4) is 0 Å². The van der Waals surface area contributed by atoms with Gasteiger partial charge in [0, 0.05) is 16.1 Å². The monoisotopic (exact) mass is 394 g/mol. The number of amides is 1. The minimum atomic E-state index is -3.71. The SMILES string of the molecule is CC[C@H](C(=O)N[C@@H](C)C(C)C)N(c1cc(Cl)cc(Cl)c1)S(C)(=O)=O. The molecule has 1 N–H and O–H groups in total. The van der Waals surface area contributed by atoms with Crippen molar-refractivity contribution in [3.63, 3.8) is 0 Å². The van der Waals surface area contributed by atoms with Crippen molar-refractivity contribution in [1.82, 2.24) is 5.32 Å². The fourth-order valence-electron chi connectivity index (χ4n) is 2.21. The van der Waals surface area contributed by atoms with Gasteiger partial charge in [-0.3, -0.25) is 9.10 Å². The van der Waals surface area contributed by atoms with Gasteiger partial charge in [-0.1, -0.05) is 44.0 Å². The molecule has 2 atom stereocenters. The summed E-state index contributed by atoms with van der Waals surface area (Å²) < 4.78 is 25.8. The van der Waals surface area contributed by atoms with Crippen molar-refractivity contribution in [3.8, 4) is 0 Å². The number of carbonyl (C=O) groups is 1. The second kappa shape index (κ2) is 8.41. The number of carbonyl (C=O) groups excluding carboxylic acids is 1. The van der Waals surface area contributed by atoms with Crippen molar-refractivity contribution >= 4 is 44.8 Å². The molecule has 1 aromatic rings. The van der Waals surface area contributed by atoms with Crippen LogP contribution in [0.15, 0.2) is 18.2 Å². The molecule has 0 aliphatic rings. The number of halogens is 2. The number of hydrogen-bond donors (Lipinski definition) is 1. The molecule has 0 heterocycles. The lowest BCUT2D eigenvalue weighted by atomic mass is 10.1. The summed E-state index contributed by atoms with van der Waals surface area (Å²) in [6.45, 7) is 7.61. The Bertz CT molecular complexity index is 672. The van der Waals surface area contributed by atoms with E-state index in [4.69, 9.17) is 23.2 Å². The Morgan fingerprint density at radius 3 is 2.04 bits per heavy atom. The zero-order chi connectivity index (χ0) is 18.7. The lowest BCUT2D eigenvalue weighted by molar-refractivity contribution is -0.123. The minimum Gasteiger partial charge on any atom is -0.352 e. The standard InChI is InChI=1S/C16H24Cl2N2O3S/c1-6-15(16(21)19-11(4)10(2)3)20(24(5,22)23)14-8-12(17)7-13(18)9-14/h7-11,15H,6H2,1-5H3,(H,19,21)/t11-,15+/m0/s1. The first-order chi connectivity index (χ1) is 11.0. The van der Waals surface area contributed by atoms with E-state index in [1.807, 2.05) is 20.8 Å². The predicted octanol–water partition coefficient (Wildman–Crippen LogP) is 3.70. The minimum absolute atomic E-state index is 0.0732. The summed E-state index contributed by atoms with van der Waals surface area (Å²) in [5.41, 5.74) is 0.272. The molecule has 0 saturated carbocycles. The van der Waals surface area contributed by atoms with E-state index in [0.29, 0.717) is 16.5 Å². The Morgan fingerprint density at radius 2 is 1.67 bits per heavy atom. The summed E-state index contributed by atoms with van der Waals surface area (Å²) in [6.07, 6.45) is 1.37. The van der Waals surface area contributed by atoms with Crippen molar-refractivity contribution in [2.24, 2.45) is 5.92 Å². The van der Waals surface area contributed by atoms with Crippen molar-refractivity contribution in [1.29, 1.82) is 0 Å². The number of benzene rings is 1. The molecule has 0 bridgehead atoms. The first-order valence-electron chi connectivity index (χ1n) is 7.73. The highest BCUT2D eigenvalue weighted by Gasteiger charge is 2.32. The molecule has 0 aliphatic carbocycles. The van der Waals surface area contributed by atoms with Gasteiger partial charge in [-0.15, -0.1) is 0 Å². The Hall–Kier alpha value is -0.980. The smallest absolute Gasteiger partial charge is 0.244 e. The first kappa shape index (κ1) is 21.1. The zero-order valence-corrected chi connectivity index (χ0v) is 16.8. The van der Waals surface area contributed by atoms with Crippen molar-refractivity contribution in [2.45, 2.75) is 46.2 Å². The van der Waals surface area contributed by atoms with E-state index in [1.165, 1.54) is 18.2 Å². The van der Waals surface area contributed by atoms with Gasteiger partial charge >= 0.3 is 0 Å². The summed E-state index contributed by atoms with van der Waals surface area (Å²) in [5, 5.41) is 3.48. The Kier molecular flexibility index (Phi) is 7.38. The third kappa shape index (κ3) is 5.53. The molecule has 0 saturated heterocycles. The molecule has 0 aromatic heterocycles. The topological polar surface area (TPSA) is 66.5 Å². The van der Waals surface area contributed by atoms with Crippen molar-refractivity contribution in [2.75, 3.05) is 10.6 Å². The van der Waals surface area contributed by atoms with Crippen molar-refractivity contribution in [3.05, 3.63) is 28.2 Å². The van der Waals surface area contributed by atoms with Crippen LogP contribution < -0.4 is 9.62 Å². The molecule has 0 radical (unpaired) electrons. The van der Waals surface area contributed by atoms with Crippen LogP contribution in [0, 0.1) is 5.92 Å². The van der Waals surface area contributed by atoms with Gasteiger partial charge < -0.3 is 5.32 Å². The van der Waals surface area contributed by atoms with Gasteiger partial charge in [-0.2, -0.15) is 0 Å². The summed E-state index contributed by atoms with van der Waals surface area (Å²) in [7, 11) is -3.71. The Labute approximate surface area is 154 Å². The highest BCUT2D eigenvalue weighted by atomic mass is 35.5. The van der Waals surface area contributed by atoms with E-state index in [0.717, 1.165) is 10.6 Å². The number of anilines is 1. The molecule has 0 aliphatic heterocycles. The fraction of sp³-hybridized carbons (Fsp3) is 0.562. The molecule has 0 unspecified atom stereocenters. The number of sulfonamides is 1. The molecule has 5 nitrogen and oxygen atoms in total. The normalized spacial score (nSPS) is 14.3. The molecule has 136 valence electrons. The number of nitrogens with zero attached hydrogens (tertiary/aromatic N) is 1. The molecule has 1 rings (SSSR count). The zero-order valence-electron chi connectivity index (χ0n) is 14.5. The van der Waals surface area contributed by atoms with Crippen LogP contribution in [0.5, 0.6) is 0 Å². The van der Waals surface area contributed by atoms with Crippen LogP contribution in [-0.2, 0) is 14.8 Å². The average Bonchev–Trinajstić information content (AvgIpc) is 2.41. The molecule has 0 spiro atoms. The number of nitrogens with one attached hydrogen (secondary N) is 1. The summed E-state index contributed by atoms with van der Waals surface area (Å²) in [6, 6.07) is 3.52. The highest BCUT2D eigenvalue weighted by molar-refractivity contribution is 7.92. The number of hydrogen-bond acceptors (Lipinski definition) is 3. The summed E-state index contributed by atoms with van der Waals surface area (Å²) >= 11 is 12.0. The number of rotatable bonds is 7. The second-order valence-electron chi connectivity index (χ2n) is 6.15. The van der Waals surface area contributed by atoms with Gasteiger partial charge in [0.1, 0.15) is 6.04 Å². The molecule has 1 amide bonds. The fourth-order valence-corrected chi connectivity index (χ4v) is 3.92. The van der Waals surface area contributed by atoms with Gasteiger partial charge in [0.25, 0.3) is 0 Å². The highest BCUT2D eigenvalue weighted by Crippen LogP contribution is 2.29. The third-order valence-electron chi connectivity index (χ3n) is 3.80. The third-order valence-corrected chi connectivity index (χ3v) is 5.42. The quantitative estimate of drug-likeness (QED) is 0.766. The van der Waals surface area contributed by atoms with Crippen LogP contribution in [0.25, 0.3) is 0 Å². The average molecular weight is 395 g/mol. The molecular formula is C16H24Cl2N2O3S. The Balaban J connectivity index is 3.30. The molecule has 8 heteroatoms. The van der Waals surface area contributed by atoms with Gasteiger partial charge in [0.15, 0.2) is 0 Å². The maximum absolute atomic E-state index is 12.6. The van der Waals surface area contributed by atoms with Crippen LogP contribution in [-0.4, -0.2) is 32.7 Å². The summed E-state index contributed by atoms with van der Waals surface area (Å²) in [5.74, 6) is -0.112. The van der Waals surface area contributed by atoms with Crippen LogP contribution in [0.2, 0.25) is 10.0 Å². The van der Waals surface area contributed by atoms with E-state index >= 15 is 0 Å². The van der Waals surface area contributed by atoms with E-state index in [-0.39, 0.29) is 23.6 Å². The molecule has 1 aromatic carbocycles. The van der Waals surface area contributed by atoms with Gasteiger partial charge in [-0.25, -0.2) is 8.42 Å². The van der Waals surface area contributed by atoms with Gasteiger partial charge in [-0.05, 0) is 37.5 Å². The van der Waals surface area contributed by atoms with E-state index in [9.17, 15) is 13.2 Å². The van der Waals surface area contributed by atoms with Gasteiger partial charge in [0.05, 0.1) is 11.9 Å². The summed E-state index contributed by atoms with van der Waals surface area (Å²) in [4.78, 5) is 12.6. The Morgan fingerprint density at radius 1 is 1.17 bits per heavy atom. The van der Waals surface area contributed by atoms with Crippen LogP contribution in [0.1, 0.15) is 34.1 Å². The van der Waals surface area contributed by atoms with E-state index in [1.54, 1.807) is 6.92 Å². The maximum atomic E-state index is 12.6. The molecule has 0 fully saturated rings. The first-order valence-corrected chi connectivity index (χ1v) is 10.3. The second-order valence-corrected chi connectivity index (χ2v) is 8.88. The lowest BCUT2D eigenvalue weighted by Gasteiger charge is -2.31. The van der Waals surface area contributed by atoms with Gasteiger partial charge in [0.2, 0.25) is 15.9 Å². The largest absolute Gasteiger partial charge is 0.352 e. The van der Waals surface area contributed by atoms with Crippen molar-refractivity contribution < 1.29 is 13.2 Å². The van der Waals surface area contributed by atoms with Crippen LogP contribution in [0.4, 0.5) is 5.69 Å².